The summed E-state index contributed by atoms with van der Waals surface area (Å²) in [6.45, 7) is 0.723. The zero-order valence-corrected chi connectivity index (χ0v) is 12.1. The van der Waals surface area contributed by atoms with Gasteiger partial charge >= 0.3 is 0 Å². The number of pyridine rings is 1. The molecule has 0 fully saturated rings. The molecule has 3 nitrogen and oxygen atoms in total. The van der Waals surface area contributed by atoms with Crippen molar-refractivity contribution in [2.75, 3.05) is 24.3 Å². The number of aromatic nitrogens is 1. The molecule has 4 heteroatoms. The smallest absolute Gasteiger partial charge is 0.106 e. The monoisotopic (exact) mass is 305 g/mol. The van der Waals surface area contributed by atoms with Gasteiger partial charge in [-0.25, -0.2) is 4.98 Å². The molecule has 0 aliphatic carbocycles. The predicted octanol–water partition coefficient (Wildman–Crippen LogP) is 3.52. The van der Waals surface area contributed by atoms with Gasteiger partial charge in [-0.15, -0.1) is 0 Å². The van der Waals surface area contributed by atoms with Crippen LogP contribution in [0, 0.1) is 0 Å². The first-order chi connectivity index (χ1) is 8.65. The van der Waals surface area contributed by atoms with E-state index in [2.05, 4.69) is 55.4 Å². The number of nitrogens with one attached hydrogen (secondary N) is 1. The minimum Gasteiger partial charge on any atom is -0.379 e. The lowest BCUT2D eigenvalue weighted by Gasteiger charge is -2.13. The maximum atomic E-state index is 4.38. The van der Waals surface area contributed by atoms with Crippen LogP contribution in [0.2, 0.25) is 0 Å². The van der Waals surface area contributed by atoms with Crippen molar-refractivity contribution in [3.63, 3.8) is 0 Å². The third-order valence-corrected chi connectivity index (χ3v) is 3.07. The molecular weight excluding hydrogens is 290 g/mol. The highest BCUT2D eigenvalue weighted by atomic mass is 79.9. The fraction of sp³-hybridized carbons (Fsp3) is 0.214. The molecule has 0 atom stereocenters. The average Bonchev–Trinajstić information content (AvgIpc) is 2.37. The largest absolute Gasteiger partial charge is 0.379 e. The van der Waals surface area contributed by atoms with Crippen molar-refractivity contribution in [3.05, 3.63) is 52.8 Å². The van der Waals surface area contributed by atoms with Crippen molar-refractivity contribution in [2.24, 2.45) is 0 Å². The van der Waals surface area contributed by atoms with Crippen LogP contribution >= 0.6 is 15.9 Å². The van der Waals surface area contributed by atoms with Gasteiger partial charge in [0.15, 0.2) is 0 Å². The molecule has 2 rings (SSSR count). The van der Waals surface area contributed by atoms with Crippen molar-refractivity contribution >= 4 is 27.3 Å². The number of hydrogen-bond donors (Lipinski definition) is 1. The van der Waals surface area contributed by atoms with E-state index in [0.29, 0.717) is 0 Å². The molecule has 1 aromatic heterocycles. The summed E-state index contributed by atoms with van der Waals surface area (Å²) in [6.07, 6.45) is 0. The van der Waals surface area contributed by atoms with Crippen LogP contribution in [0.25, 0.3) is 0 Å². The molecule has 0 saturated heterocycles. The highest BCUT2D eigenvalue weighted by molar-refractivity contribution is 9.10. The van der Waals surface area contributed by atoms with Crippen molar-refractivity contribution < 1.29 is 0 Å². The Balaban J connectivity index is 1.98. The number of anilines is 2. The van der Waals surface area contributed by atoms with Crippen molar-refractivity contribution in [1.29, 1.82) is 0 Å². The van der Waals surface area contributed by atoms with Gasteiger partial charge in [-0.2, -0.15) is 0 Å². The summed E-state index contributed by atoms with van der Waals surface area (Å²) in [6, 6.07) is 14.3. The Labute approximate surface area is 116 Å². The van der Waals surface area contributed by atoms with Crippen LogP contribution < -0.4 is 10.2 Å². The van der Waals surface area contributed by atoms with Crippen LogP contribution in [0.1, 0.15) is 5.69 Å². The van der Waals surface area contributed by atoms with E-state index >= 15 is 0 Å². The minimum absolute atomic E-state index is 0.723. The van der Waals surface area contributed by atoms with Gasteiger partial charge in [-0.3, -0.25) is 0 Å². The summed E-state index contributed by atoms with van der Waals surface area (Å²) >= 11 is 3.37. The van der Waals surface area contributed by atoms with Crippen LogP contribution in [0.5, 0.6) is 0 Å². The number of rotatable bonds is 4. The third kappa shape index (κ3) is 3.47. The molecule has 0 aliphatic heterocycles. The molecule has 0 aliphatic rings. The lowest BCUT2D eigenvalue weighted by Crippen LogP contribution is -2.08. The van der Waals surface area contributed by atoms with Crippen molar-refractivity contribution in [3.8, 4) is 0 Å². The van der Waals surface area contributed by atoms with Crippen molar-refractivity contribution in [2.45, 2.75) is 6.54 Å². The normalized spacial score (nSPS) is 10.2. The molecule has 2 aromatic rings. The second kappa shape index (κ2) is 5.87. The van der Waals surface area contributed by atoms with E-state index in [1.165, 1.54) is 5.69 Å². The van der Waals surface area contributed by atoms with Gasteiger partial charge in [0.2, 0.25) is 0 Å². The first-order valence-electron chi connectivity index (χ1n) is 5.78. The fourth-order valence-corrected chi connectivity index (χ4v) is 2.00. The lowest BCUT2D eigenvalue weighted by molar-refractivity contribution is 1.03. The second-order valence-electron chi connectivity index (χ2n) is 4.25. The molecule has 0 amide bonds. The Hall–Kier alpha value is -1.55. The fourth-order valence-electron chi connectivity index (χ4n) is 1.62. The van der Waals surface area contributed by atoms with Crippen molar-refractivity contribution in [1.82, 2.24) is 4.98 Å². The van der Waals surface area contributed by atoms with E-state index in [0.717, 1.165) is 22.5 Å². The second-order valence-corrected chi connectivity index (χ2v) is 5.06. The van der Waals surface area contributed by atoms with Gasteiger partial charge in [0.25, 0.3) is 0 Å². The van der Waals surface area contributed by atoms with Crippen LogP contribution in [0.3, 0.4) is 0 Å². The Morgan fingerprint density at radius 2 is 1.83 bits per heavy atom. The number of benzene rings is 1. The van der Waals surface area contributed by atoms with Crippen LogP contribution in [0.15, 0.2) is 47.1 Å². The molecule has 0 saturated carbocycles. The highest BCUT2D eigenvalue weighted by Gasteiger charge is 1.98. The Morgan fingerprint density at radius 1 is 1.11 bits per heavy atom. The SMILES string of the molecule is CN(C)c1ccc(NCc2cccc(Br)n2)cc1. The molecule has 0 radical (unpaired) electrons. The number of halogens is 1. The van der Waals surface area contributed by atoms with Gasteiger partial charge in [-0.1, -0.05) is 6.07 Å². The van der Waals surface area contributed by atoms with E-state index in [1.54, 1.807) is 0 Å². The summed E-state index contributed by atoms with van der Waals surface area (Å²) in [4.78, 5) is 6.46. The maximum absolute atomic E-state index is 4.38. The first kappa shape index (κ1) is 12.9. The first-order valence-corrected chi connectivity index (χ1v) is 6.57. The van der Waals surface area contributed by atoms with E-state index in [4.69, 9.17) is 0 Å². The van der Waals surface area contributed by atoms with E-state index in [-0.39, 0.29) is 0 Å². The third-order valence-electron chi connectivity index (χ3n) is 2.63. The molecule has 1 aromatic carbocycles. The molecule has 0 spiro atoms. The Morgan fingerprint density at radius 3 is 2.44 bits per heavy atom. The van der Waals surface area contributed by atoms with E-state index in [1.807, 2.05) is 32.3 Å². The topological polar surface area (TPSA) is 28.2 Å². The highest BCUT2D eigenvalue weighted by Crippen LogP contribution is 2.16. The quantitative estimate of drug-likeness (QED) is 0.876. The standard InChI is InChI=1S/C14H16BrN3/c1-18(2)13-8-6-11(7-9-13)16-10-12-4-3-5-14(15)17-12/h3-9,16H,10H2,1-2H3. The van der Waals surface area contributed by atoms with Crippen LogP contribution in [-0.2, 0) is 6.54 Å². The molecule has 94 valence electrons. The van der Waals surface area contributed by atoms with Crippen LogP contribution in [-0.4, -0.2) is 19.1 Å². The van der Waals surface area contributed by atoms with Crippen LogP contribution in [0.4, 0.5) is 11.4 Å². The van der Waals surface area contributed by atoms with Gasteiger partial charge in [-0.05, 0) is 52.3 Å². The zero-order valence-electron chi connectivity index (χ0n) is 10.5. The maximum Gasteiger partial charge on any atom is 0.106 e. The molecule has 18 heavy (non-hydrogen) atoms. The average molecular weight is 306 g/mol. The van der Waals surface area contributed by atoms with Gasteiger partial charge < -0.3 is 10.2 Å². The summed E-state index contributed by atoms with van der Waals surface area (Å²) in [5.41, 5.74) is 3.31. The van der Waals surface area contributed by atoms with Gasteiger partial charge in [0.05, 0.1) is 12.2 Å². The summed E-state index contributed by atoms with van der Waals surface area (Å²) in [7, 11) is 4.07. The molecule has 0 bridgehead atoms. The summed E-state index contributed by atoms with van der Waals surface area (Å²) in [5.74, 6) is 0. The Bertz CT molecular complexity index is 509. The number of hydrogen-bond acceptors (Lipinski definition) is 3. The zero-order chi connectivity index (χ0) is 13.0. The van der Waals surface area contributed by atoms with Gasteiger partial charge in [0, 0.05) is 25.5 Å². The van der Waals surface area contributed by atoms with Gasteiger partial charge in [0.1, 0.15) is 4.60 Å². The summed E-state index contributed by atoms with van der Waals surface area (Å²) in [5, 5.41) is 3.35. The number of nitrogens with zero attached hydrogens (tertiary/aromatic N) is 2. The molecule has 1 N–H and O–H groups in total. The molecular formula is C14H16BrN3. The molecule has 1 heterocycles. The lowest BCUT2D eigenvalue weighted by atomic mass is 10.2. The Kier molecular flexibility index (Phi) is 4.20. The summed E-state index contributed by atoms with van der Waals surface area (Å²) < 4.78 is 0.866. The molecule has 0 unspecified atom stereocenters. The van der Waals surface area contributed by atoms with E-state index in [9.17, 15) is 0 Å². The predicted molar refractivity (Wildman–Crippen MR) is 80.0 cm³/mol. The minimum atomic E-state index is 0.723. The van der Waals surface area contributed by atoms with E-state index < -0.39 is 0 Å².